The summed E-state index contributed by atoms with van der Waals surface area (Å²) in [6, 6.07) is 21.5. The second-order valence-corrected chi connectivity index (χ2v) is 30.9. The van der Waals surface area contributed by atoms with Gasteiger partial charge in [-0.3, -0.25) is 4.79 Å². The molecule has 32 heteroatoms. The monoisotopic (exact) mass is 1440 g/mol. The van der Waals surface area contributed by atoms with Crippen molar-refractivity contribution in [2.45, 2.75) is 133 Å². The number of rotatable bonds is 21. The molecule has 0 aliphatic heterocycles. The van der Waals surface area contributed by atoms with Crippen LogP contribution < -0.4 is 31.9 Å². The number of aryl methyl sites for hydroxylation is 4. The summed E-state index contributed by atoms with van der Waals surface area (Å²) in [7, 11) is 1.03. The van der Waals surface area contributed by atoms with E-state index in [1.807, 2.05) is 58.0 Å². The highest BCUT2D eigenvalue weighted by Crippen LogP contribution is 2.44. The van der Waals surface area contributed by atoms with Gasteiger partial charge in [0, 0.05) is 42.3 Å². The van der Waals surface area contributed by atoms with Crippen LogP contribution in [-0.4, -0.2) is 120 Å². The number of sulfonamides is 2. The summed E-state index contributed by atoms with van der Waals surface area (Å²) in [4.78, 5) is 13.1. The van der Waals surface area contributed by atoms with Crippen molar-refractivity contribution in [2.75, 3.05) is 74.2 Å². The quantitative estimate of drug-likeness (QED) is 0.0302. The Bertz CT molecular complexity index is 4260. The van der Waals surface area contributed by atoms with E-state index in [1.165, 1.54) is 51.3 Å². The topological polar surface area (TPSA) is 345 Å². The van der Waals surface area contributed by atoms with Crippen LogP contribution in [0.15, 0.2) is 102 Å². The average molecular weight is 1440 g/mol. The molecule has 9 N–H and O–H groups in total. The van der Waals surface area contributed by atoms with Crippen molar-refractivity contribution in [1.29, 1.82) is 0 Å². The van der Waals surface area contributed by atoms with Gasteiger partial charge < -0.3 is 65.4 Å². The molecule has 0 aliphatic carbocycles. The van der Waals surface area contributed by atoms with E-state index in [2.05, 4.69) is 114 Å². The number of aromatic nitrogens is 6. The van der Waals surface area contributed by atoms with Crippen LogP contribution >= 0.6 is 46.8 Å². The molecule has 6 heterocycles. The maximum absolute atomic E-state index is 12.6. The van der Waals surface area contributed by atoms with Gasteiger partial charge in [-0.2, -0.15) is 26.2 Å². The van der Waals surface area contributed by atoms with E-state index in [-0.39, 0.29) is 106 Å². The van der Waals surface area contributed by atoms with Crippen molar-refractivity contribution in [1.82, 2.24) is 39.8 Å². The molecule has 9 rings (SSSR count). The molecule has 9 aromatic rings. The molecule has 526 valence electrons. The number of halogens is 1. The SMILES string of the molecule is C.C.C.Cc1cc([C@H](Nc2nsnc2Nc2cccc(C(=O)N(C)C)c2O)C(C)C)oc1C.Cc1ccc([C@H](Nc2nsnc2Nc2ccc(Cl)c(S(=O)(=O)N(C)C)c2O)C(C)(C)C)o1.Cc1ccc([C@H](Nc2nsnc2Nc2cccc(S(=O)(=O)N(C)C)c2O)C(C)(C)C)o1. The van der Waals surface area contributed by atoms with Crippen molar-refractivity contribution in [3.05, 3.63) is 130 Å². The van der Waals surface area contributed by atoms with E-state index in [1.54, 1.807) is 44.4 Å². The maximum atomic E-state index is 12.6. The Morgan fingerprint density at radius 3 is 1.33 bits per heavy atom. The number of hydrogen-bond acceptors (Lipinski definition) is 26. The largest absolute Gasteiger partial charge is 0.505 e. The number of amides is 1. The van der Waals surface area contributed by atoms with Crippen LogP contribution in [0.2, 0.25) is 5.02 Å². The first-order chi connectivity index (χ1) is 43.4. The third-order valence-corrected chi connectivity index (χ3v) is 20.1. The molecule has 0 bridgehead atoms. The summed E-state index contributed by atoms with van der Waals surface area (Å²) in [6.07, 6.45) is 0. The summed E-state index contributed by atoms with van der Waals surface area (Å²) >= 11 is 9.11. The molecule has 1 amide bonds. The molecule has 0 unspecified atom stereocenters. The van der Waals surface area contributed by atoms with Crippen LogP contribution in [0, 0.1) is 44.4 Å². The number of aromatic hydroxyl groups is 3. The van der Waals surface area contributed by atoms with Gasteiger partial charge in [0.1, 0.15) is 44.4 Å². The highest BCUT2D eigenvalue weighted by atomic mass is 35.5. The molecular formula is C64H92ClN15O11S5. The number of phenolic OH excluding ortho intramolecular Hbond substituents is 3. The van der Waals surface area contributed by atoms with Crippen molar-refractivity contribution < 1.29 is 50.2 Å². The average Bonchev–Trinajstić information content (AvgIpc) is 0.928. The summed E-state index contributed by atoms with van der Waals surface area (Å²) < 4.78 is 95.7. The van der Waals surface area contributed by atoms with Gasteiger partial charge in [-0.1, -0.05) is 101 Å². The number of hydrogen-bond donors (Lipinski definition) is 9. The third kappa shape index (κ3) is 18.9. The Morgan fingerprint density at radius 1 is 0.531 bits per heavy atom. The lowest BCUT2D eigenvalue weighted by molar-refractivity contribution is 0.0824. The zero-order chi connectivity index (χ0) is 68.8. The van der Waals surface area contributed by atoms with Crippen LogP contribution in [0.3, 0.4) is 0 Å². The molecule has 0 spiro atoms. The first-order valence-corrected chi connectivity index (χ1v) is 34.4. The van der Waals surface area contributed by atoms with Gasteiger partial charge in [-0.15, -0.1) is 0 Å². The first-order valence-electron chi connectivity index (χ1n) is 28.9. The minimum Gasteiger partial charge on any atom is -0.505 e. The molecule has 0 radical (unpaired) electrons. The first kappa shape index (κ1) is 80.4. The summed E-state index contributed by atoms with van der Waals surface area (Å²) in [6.45, 7) is 24.4. The fourth-order valence-electron chi connectivity index (χ4n) is 9.03. The molecule has 0 saturated heterocycles. The summed E-state index contributed by atoms with van der Waals surface area (Å²) in [5, 5.41) is 51.0. The number of anilines is 9. The van der Waals surface area contributed by atoms with Crippen LogP contribution in [0.4, 0.5) is 52.0 Å². The van der Waals surface area contributed by atoms with Crippen molar-refractivity contribution >= 4 is 125 Å². The van der Waals surface area contributed by atoms with Gasteiger partial charge in [0.05, 0.1) is 81.0 Å². The number of nitrogens with zero attached hydrogens (tertiary/aromatic N) is 9. The van der Waals surface area contributed by atoms with Crippen LogP contribution in [0.5, 0.6) is 17.2 Å². The lowest BCUT2D eigenvalue weighted by atomic mass is 9.85. The summed E-state index contributed by atoms with van der Waals surface area (Å²) in [5.41, 5.74) is 1.60. The van der Waals surface area contributed by atoms with Gasteiger partial charge in [0.25, 0.3) is 5.91 Å². The zero-order valence-corrected chi connectivity index (χ0v) is 59.7. The van der Waals surface area contributed by atoms with Gasteiger partial charge in [0.15, 0.2) is 52.2 Å². The molecule has 26 nitrogen and oxygen atoms in total. The Kier molecular flexibility index (Phi) is 27.5. The van der Waals surface area contributed by atoms with Crippen LogP contribution in [-0.2, 0) is 20.0 Å². The van der Waals surface area contributed by atoms with E-state index >= 15 is 0 Å². The number of benzene rings is 3. The number of phenols is 3. The second-order valence-electron chi connectivity index (χ2n) is 24.7. The fourth-order valence-corrected chi connectivity index (χ4v) is 12.9. The Morgan fingerprint density at radius 2 is 0.948 bits per heavy atom. The van der Waals surface area contributed by atoms with Crippen molar-refractivity contribution in [2.24, 2.45) is 16.7 Å². The van der Waals surface area contributed by atoms with Gasteiger partial charge in [-0.25, -0.2) is 25.4 Å². The van der Waals surface area contributed by atoms with E-state index in [0.717, 1.165) is 83.9 Å². The Labute approximate surface area is 582 Å². The number of nitrogens with one attached hydrogen (secondary N) is 6. The maximum Gasteiger partial charge on any atom is 0.257 e. The molecule has 6 aromatic heterocycles. The van der Waals surface area contributed by atoms with Crippen molar-refractivity contribution in [3.63, 3.8) is 0 Å². The molecule has 0 aliphatic rings. The molecule has 0 saturated carbocycles. The molecular weight excluding hydrogens is 1350 g/mol. The number of carbonyl (C=O) groups is 1. The third-order valence-electron chi connectivity index (χ3n) is 14.3. The standard InChI is InChI=1S/C21H27N5O3S.C20H26ClN5O4S2.C20H27N5O4S2.3CH4/c1-11(2)17(16-10-12(3)13(4)29-16)23-20-19(24-30-25-20)22-15-9-7-8-14(18(15)27)21(28)26(5)6;1-11-7-10-14(30-11)17(20(2,3)4)23-19-18(24-31-25-19)22-13-9-8-12(21)16(15(13)27)32(28,29)26(5)6;1-12-10-11-14(29-12)17(20(2,3)4)22-19-18(23-30-24-19)21-13-8-7-9-15(16(13)26)31(27,28)25(5)6;;;/h7-11,17,27H,1-6H3,(H,22,24)(H,23,25);7-10,17,27H,1-6H3,(H,22,24)(H,23,25);7-11,17,26H,1-6H3,(H,21,23)(H,22,24);3*1H4/t3*17-;;;/m100.../s1. The van der Waals surface area contributed by atoms with Gasteiger partial charge in [0.2, 0.25) is 20.0 Å². The van der Waals surface area contributed by atoms with Crippen LogP contribution in [0.1, 0.15) is 146 Å². The second kappa shape index (κ2) is 32.8. The lowest BCUT2D eigenvalue weighted by Gasteiger charge is -2.30. The summed E-state index contributed by atoms with van der Waals surface area (Å²) in [5.74, 6) is 6.42. The Balaban J connectivity index is 0.000000302. The predicted molar refractivity (Wildman–Crippen MR) is 387 cm³/mol. The number of furan rings is 3. The molecule has 0 fully saturated rings. The smallest absolute Gasteiger partial charge is 0.257 e. The number of para-hydroxylation sites is 2. The predicted octanol–water partition coefficient (Wildman–Crippen LogP) is 15.9. The van der Waals surface area contributed by atoms with E-state index in [9.17, 15) is 36.9 Å². The van der Waals surface area contributed by atoms with Gasteiger partial charge in [-0.05, 0) is 117 Å². The Hall–Kier alpha value is -8.04. The molecule has 3 atom stereocenters. The molecule has 96 heavy (non-hydrogen) atoms. The van der Waals surface area contributed by atoms with Crippen LogP contribution in [0.25, 0.3) is 0 Å². The van der Waals surface area contributed by atoms with E-state index in [0.29, 0.717) is 40.6 Å². The highest BCUT2D eigenvalue weighted by Gasteiger charge is 2.34. The van der Waals surface area contributed by atoms with E-state index in [4.69, 9.17) is 24.9 Å². The zero-order valence-electron chi connectivity index (χ0n) is 54.9. The van der Waals surface area contributed by atoms with Crippen molar-refractivity contribution in [3.8, 4) is 17.2 Å². The van der Waals surface area contributed by atoms with E-state index < -0.39 is 25.8 Å². The fraction of sp³-hybridized carbons (Fsp3) is 0.422. The lowest BCUT2D eigenvalue weighted by Crippen LogP contribution is -2.25. The normalized spacial score (nSPS) is 12.6. The molecule has 3 aromatic carbocycles. The minimum absolute atomic E-state index is 0. The highest BCUT2D eigenvalue weighted by molar-refractivity contribution is 7.89. The van der Waals surface area contributed by atoms with Gasteiger partial charge >= 0.3 is 0 Å². The minimum atomic E-state index is -3.97. The number of carbonyl (C=O) groups excluding carboxylic acids is 1.